The summed E-state index contributed by atoms with van der Waals surface area (Å²) >= 11 is 0. The second kappa shape index (κ2) is 8.37. The number of halogens is 3. The number of ether oxygens (including phenoxy) is 3. The van der Waals surface area contributed by atoms with Crippen LogP contribution >= 0.6 is 0 Å². The van der Waals surface area contributed by atoms with Crippen LogP contribution in [0.2, 0.25) is 0 Å². The van der Waals surface area contributed by atoms with Crippen LogP contribution in [0.5, 0.6) is 11.5 Å². The monoisotopic (exact) mass is 399 g/mol. The number of alkyl halides is 3. The normalized spacial score (nSPS) is 11.2. The highest BCUT2D eigenvalue weighted by Gasteiger charge is 2.30. The van der Waals surface area contributed by atoms with E-state index in [1.54, 1.807) is 6.07 Å². The van der Waals surface area contributed by atoms with Crippen molar-refractivity contribution in [1.29, 1.82) is 0 Å². The highest BCUT2D eigenvalue weighted by Crippen LogP contribution is 2.25. The number of methoxy groups -OCH3 is 2. The fraction of sp³-hybridized carbons (Fsp3) is 0.368. The Labute approximate surface area is 159 Å². The summed E-state index contributed by atoms with van der Waals surface area (Å²) in [6.07, 6.45) is -4.41. The van der Waals surface area contributed by atoms with E-state index >= 15 is 0 Å². The van der Waals surface area contributed by atoms with Gasteiger partial charge in [0, 0.05) is 23.0 Å². The molecule has 0 radical (unpaired) electrons. The highest BCUT2D eigenvalue weighted by molar-refractivity contribution is 6.00. The van der Waals surface area contributed by atoms with Crippen molar-refractivity contribution in [3.63, 3.8) is 0 Å². The Bertz CT molecular complexity index is 864. The van der Waals surface area contributed by atoms with Crippen molar-refractivity contribution in [3.8, 4) is 11.5 Å². The molecule has 2 rings (SSSR count). The van der Waals surface area contributed by atoms with Gasteiger partial charge in [0.2, 0.25) is 5.78 Å². The molecule has 0 unspecified atom stereocenters. The van der Waals surface area contributed by atoms with E-state index in [1.807, 2.05) is 0 Å². The molecule has 6 nitrogen and oxygen atoms in total. The molecule has 0 aliphatic heterocycles. The molecule has 1 aromatic carbocycles. The quantitative estimate of drug-likeness (QED) is 0.524. The van der Waals surface area contributed by atoms with Crippen molar-refractivity contribution >= 4 is 11.8 Å². The standard InChI is InChI=1S/C19H20F3NO5/c1-11-5-16(12(2)23(11)10-19(20,21)22)17(24)9-28-18(25)13-6-14(26-3)8-15(7-13)27-4/h5-8H,9-10H2,1-4H3. The lowest BCUT2D eigenvalue weighted by Gasteiger charge is -2.12. The van der Waals surface area contributed by atoms with Crippen molar-refractivity contribution < 1.29 is 37.0 Å². The van der Waals surface area contributed by atoms with Crippen molar-refractivity contribution in [2.45, 2.75) is 26.6 Å². The lowest BCUT2D eigenvalue weighted by Crippen LogP contribution is -2.20. The van der Waals surface area contributed by atoms with Crippen LogP contribution in [-0.4, -0.2) is 43.3 Å². The topological polar surface area (TPSA) is 66.8 Å². The maximum atomic E-state index is 12.7. The van der Waals surface area contributed by atoms with Gasteiger partial charge in [-0.25, -0.2) is 4.79 Å². The van der Waals surface area contributed by atoms with Gasteiger partial charge >= 0.3 is 12.1 Å². The predicted molar refractivity (Wildman–Crippen MR) is 94.1 cm³/mol. The Kier molecular flexibility index (Phi) is 6.37. The van der Waals surface area contributed by atoms with Gasteiger partial charge in [-0.1, -0.05) is 0 Å². The van der Waals surface area contributed by atoms with Gasteiger partial charge in [0.15, 0.2) is 6.61 Å². The van der Waals surface area contributed by atoms with Crippen molar-refractivity contribution in [1.82, 2.24) is 4.57 Å². The summed E-state index contributed by atoms with van der Waals surface area (Å²) in [5, 5.41) is 0. The Hall–Kier alpha value is -2.97. The fourth-order valence-electron chi connectivity index (χ4n) is 2.72. The van der Waals surface area contributed by atoms with Crippen LogP contribution in [0.4, 0.5) is 13.2 Å². The van der Waals surface area contributed by atoms with Gasteiger partial charge in [-0.3, -0.25) is 4.79 Å². The molecule has 1 aromatic heterocycles. The fourth-order valence-corrected chi connectivity index (χ4v) is 2.72. The molecule has 0 saturated carbocycles. The Morgan fingerprint density at radius 1 is 1.00 bits per heavy atom. The average molecular weight is 399 g/mol. The molecule has 0 bridgehead atoms. The molecule has 0 fully saturated rings. The minimum Gasteiger partial charge on any atom is -0.497 e. The molecule has 28 heavy (non-hydrogen) atoms. The number of hydrogen-bond acceptors (Lipinski definition) is 5. The third-order valence-corrected chi connectivity index (χ3v) is 4.13. The number of Topliss-reactive ketones (excluding diaryl/α,β-unsaturated/α-hetero) is 1. The zero-order chi connectivity index (χ0) is 21.1. The van der Waals surface area contributed by atoms with E-state index in [1.165, 1.54) is 46.3 Å². The van der Waals surface area contributed by atoms with Gasteiger partial charge in [0.1, 0.15) is 18.0 Å². The Morgan fingerprint density at radius 2 is 1.57 bits per heavy atom. The molecule has 0 aliphatic rings. The molecule has 0 amide bonds. The lowest BCUT2D eigenvalue weighted by molar-refractivity contribution is -0.141. The second-order valence-corrected chi connectivity index (χ2v) is 6.09. The number of nitrogens with zero attached hydrogens (tertiary/aromatic N) is 1. The van der Waals surface area contributed by atoms with E-state index in [0.717, 1.165) is 4.57 Å². The van der Waals surface area contributed by atoms with Crippen molar-refractivity contribution in [3.05, 3.63) is 46.8 Å². The first-order valence-corrected chi connectivity index (χ1v) is 8.22. The number of esters is 1. The summed E-state index contributed by atoms with van der Waals surface area (Å²) in [6.45, 7) is 1.10. The van der Waals surface area contributed by atoms with E-state index in [9.17, 15) is 22.8 Å². The number of rotatable bonds is 7. The number of aromatic nitrogens is 1. The summed E-state index contributed by atoms with van der Waals surface area (Å²) in [5.74, 6) is -0.638. The van der Waals surface area contributed by atoms with Gasteiger partial charge in [-0.15, -0.1) is 0 Å². The summed E-state index contributed by atoms with van der Waals surface area (Å²) < 4.78 is 54.2. The molecular formula is C19H20F3NO5. The smallest absolute Gasteiger partial charge is 0.406 e. The summed E-state index contributed by atoms with van der Waals surface area (Å²) in [5.41, 5.74) is 0.658. The van der Waals surface area contributed by atoms with Crippen LogP contribution in [0.3, 0.4) is 0 Å². The van der Waals surface area contributed by atoms with E-state index < -0.39 is 31.1 Å². The number of hydrogen-bond donors (Lipinski definition) is 0. The van der Waals surface area contributed by atoms with E-state index in [2.05, 4.69) is 0 Å². The van der Waals surface area contributed by atoms with Crippen LogP contribution in [0.25, 0.3) is 0 Å². The number of carbonyl (C=O) groups is 2. The third-order valence-electron chi connectivity index (χ3n) is 4.13. The first-order chi connectivity index (χ1) is 13.1. The third kappa shape index (κ3) is 5.05. The van der Waals surface area contributed by atoms with E-state index in [-0.39, 0.29) is 16.8 Å². The van der Waals surface area contributed by atoms with Crippen LogP contribution in [0.15, 0.2) is 24.3 Å². The molecule has 0 saturated heterocycles. The summed E-state index contributed by atoms with van der Waals surface area (Å²) in [6, 6.07) is 5.76. The summed E-state index contributed by atoms with van der Waals surface area (Å²) in [4.78, 5) is 24.6. The molecule has 152 valence electrons. The lowest BCUT2D eigenvalue weighted by atomic mass is 10.1. The minimum absolute atomic E-state index is 0.0813. The second-order valence-electron chi connectivity index (χ2n) is 6.09. The molecule has 0 atom stereocenters. The molecule has 1 heterocycles. The maximum Gasteiger partial charge on any atom is 0.406 e. The highest BCUT2D eigenvalue weighted by atomic mass is 19.4. The van der Waals surface area contributed by atoms with Crippen LogP contribution < -0.4 is 9.47 Å². The minimum atomic E-state index is -4.41. The van der Waals surface area contributed by atoms with Crippen LogP contribution in [0, 0.1) is 13.8 Å². The SMILES string of the molecule is COc1cc(OC)cc(C(=O)OCC(=O)c2cc(C)n(CC(F)(F)F)c2C)c1. The van der Waals surface area contributed by atoms with Crippen molar-refractivity contribution in [2.24, 2.45) is 0 Å². The first-order valence-electron chi connectivity index (χ1n) is 8.22. The number of benzene rings is 1. The molecular weight excluding hydrogens is 379 g/mol. The molecule has 0 N–H and O–H groups in total. The number of aryl methyl sites for hydroxylation is 1. The Morgan fingerprint density at radius 3 is 2.07 bits per heavy atom. The first kappa shape index (κ1) is 21.3. The zero-order valence-corrected chi connectivity index (χ0v) is 15.8. The zero-order valence-electron chi connectivity index (χ0n) is 15.8. The molecule has 0 aliphatic carbocycles. The van der Waals surface area contributed by atoms with Gasteiger partial charge in [-0.05, 0) is 32.0 Å². The molecule has 2 aromatic rings. The Balaban J connectivity index is 2.12. The van der Waals surface area contributed by atoms with Crippen LogP contribution in [-0.2, 0) is 11.3 Å². The molecule has 0 spiro atoms. The van der Waals surface area contributed by atoms with Gasteiger partial charge in [0.05, 0.1) is 19.8 Å². The van der Waals surface area contributed by atoms with Crippen LogP contribution in [0.1, 0.15) is 32.1 Å². The number of ketones is 1. The summed E-state index contributed by atoms with van der Waals surface area (Å²) in [7, 11) is 2.84. The maximum absolute atomic E-state index is 12.7. The molecule has 9 heteroatoms. The van der Waals surface area contributed by atoms with E-state index in [0.29, 0.717) is 17.2 Å². The number of carbonyl (C=O) groups excluding carboxylic acids is 2. The largest absolute Gasteiger partial charge is 0.497 e. The average Bonchev–Trinajstić information content (AvgIpc) is 2.92. The van der Waals surface area contributed by atoms with Gasteiger partial charge in [-0.2, -0.15) is 13.2 Å². The predicted octanol–water partition coefficient (Wildman–Crippen LogP) is 3.72. The van der Waals surface area contributed by atoms with Gasteiger partial charge in [0.25, 0.3) is 0 Å². The van der Waals surface area contributed by atoms with E-state index in [4.69, 9.17) is 14.2 Å². The van der Waals surface area contributed by atoms with Crippen molar-refractivity contribution in [2.75, 3.05) is 20.8 Å². The van der Waals surface area contributed by atoms with Gasteiger partial charge < -0.3 is 18.8 Å².